The van der Waals surface area contributed by atoms with Gasteiger partial charge in [0.2, 0.25) is 11.8 Å². The molecule has 0 aliphatic rings. The summed E-state index contributed by atoms with van der Waals surface area (Å²) in [6.07, 6.45) is 1.24. The third-order valence-electron chi connectivity index (χ3n) is 3.70. The van der Waals surface area contributed by atoms with E-state index in [1.807, 2.05) is 55.5 Å². The van der Waals surface area contributed by atoms with Crippen LogP contribution in [0.3, 0.4) is 0 Å². The number of hydrogen-bond acceptors (Lipinski definition) is 2. The Morgan fingerprint density at radius 1 is 0.957 bits per heavy atom. The Hall–Kier alpha value is -2.62. The predicted molar refractivity (Wildman–Crippen MR) is 92.3 cm³/mol. The van der Waals surface area contributed by atoms with Crippen LogP contribution in [0.25, 0.3) is 0 Å². The van der Waals surface area contributed by atoms with Gasteiger partial charge in [0.25, 0.3) is 0 Å². The molecule has 2 N–H and O–H groups in total. The minimum absolute atomic E-state index is 0.0275. The van der Waals surface area contributed by atoms with E-state index in [4.69, 9.17) is 0 Å². The summed E-state index contributed by atoms with van der Waals surface area (Å²) in [6.45, 7) is 4.02. The van der Waals surface area contributed by atoms with Crippen molar-refractivity contribution in [2.45, 2.75) is 26.7 Å². The first-order valence-corrected chi connectivity index (χ1v) is 7.78. The molecule has 4 nitrogen and oxygen atoms in total. The Labute approximate surface area is 136 Å². The molecule has 0 aromatic heterocycles. The van der Waals surface area contributed by atoms with Crippen molar-refractivity contribution >= 4 is 17.5 Å². The van der Waals surface area contributed by atoms with Crippen molar-refractivity contribution in [3.05, 3.63) is 65.2 Å². The van der Waals surface area contributed by atoms with Gasteiger partial charge in [-0.25, -0.2) is 0 Å². The Balaban J connectivity index is 1.79. The van der Waals surface area contributed by atoms with Gasteiger partial charge >= 0.3 is 0 Å². The number of aryl methyl sites for hydroxylation is 2. The van der Waals surface area contributed by atoms with E-state index >= 15 is 0 Å². The van der Waals surface area contributed by atoms with E-state index < -0.39 is 0 Å². The van der Waals surface area contributed by atoms with Gasteiger partial charge in [-0.1, -0.05) is 43.3 Å². The molecule has 0 aliphatic heterocycles. The van der Waals surface area contributed by atoms with Crippen LogP contribution in [0.1, 0.15) is 23.6 Å². The molecule has 0 heterocycles. The Kier molecular flexibility index (Phi) is 5.92. The molecule has 120 valence electrons. The Morgan fingerprint density at radius 3 is 2.30 bits per heavy atom. The summed E-state index contributed by atoms with van der Waals surface area (Å²) in [5.41, 5.74) is 4.00. The summed E-state index contributed by atoms with van der Waals surface area (Å²) >= 11 is 0. The maximum atomic E-state index is 11.9. The van der Waals surface area contributed by atoms with E-state index in [1.54, 1.807) is 0 Å². The molecule has 0 saturated carbocycles. The SMILES string of the molecule is CCc1ccc(NC(=O)CNC(=O)Cc2ccccc2C)cc1. The quantitative estimate of drug-likeness (QED) is 0.862. The number of amides is 2. The number of benzene rings is 2. The number of rotatable bonds is 6. The van der Waals surface area contributed by atoms with Crippen LogP contribution in [-0.2, 0) is 22.4 Å². The van der Waals surface area contributed by atoms with E-state index in [0.29, 0.717) is 0 Å². The number of hydrogen-bond donors (Lipinski definition) is 2. The highest BCUT2D eigenvalue weighted by atomic mass is 16.2. The van der Waals surface area contributed by atoms with Gasteiger partial charge in [-0.3, -0.25) is 9.59 Å². The molecule has 2 rings (SSSR count). The second kappa shape index (κ2) is 8.13. The van der Waals surface area contributed by atoms with Gasteiger partial charge in [-0.05, 0) is 42.2 Å². The van der Waals surface area contributed by atoms with E-state index in [-0.39, 0.29) is 24.8 Å². The third kappa shape index (κ3) is 5.25. The van der Waals surface area contributed by atoms with Crippen LogP contribution in [0.5, 0.6) is 0 Å². The number of carbonyl (C=O) groups is 2. The number of carbonyl (C=O) groups excluding carboxylic acids is 2. The Morgan fingerprint density at radius 2 is 1.65 bits per heavy atom. The monoisotopic (exact) mass is 310 g/mol. The minimum Gasteiger partial charge on any atom is -0.347 e. The van der Waals surface area contributed by atoms with Crippen LogP contribution in [-0.4, -0.2) is 18.4 Å². The maximum Gasteiger partial charge on any atom is 0.243 e. The number of nitrogens with one attached hydrogen (secondary N) is 2. The lowest BCUT2D eigenvalue weighted by Gasteiger charge is -2.08. The fourth-order valence-electron chi connectivity index (χ4n) is 2.25. The maximum absolute atomic E-state index is 11.9. The molecule has 0 atom stereocenters. The first-order chi connectivity index (χ1) is 11.1. The van der Waals surface area contributed by atoms with Crippen molar-refractivity contribution in [3.8, 4) is 0 Å². The predicted octanol–water partition coefficient (Wildman–Crippen LogP) is 2.85. The van der Waals surface area contributed by atoms with Gasteiger partial charge in [0.15, 0.2) is 0 Å². The van der Waals surface area contributed by atoms with Gasteiger partial charge in [0, 0.05) is 5.69 Å². The molecular weight excluding hydrogens is 288 g/mol. The van der Waals surface area contributed by atoms with Crippen LogP contribution in [0, 0.1) is 6.92 Å². The highest BCUT2D eigenvalue weighted by molar-refractivity contribution is 5.94. The van der Waals surface area contributed by atoms with Crippen molar-refractivity contribution < 1.29 is 9.59 Å². The van der Waals surface area contributed by atoms with Crippen LogP contribution in [0.2, 0.25) is 0 Å². The van der Waals surface area contributed by atoms with Crippen LogP contribution >= 0.6 is 0 Å². The van der Waals surface area contributed by atoms with E-state index in [1.165, 1.54) is 5.56 Å². The topological polar surface area (TPSA) is 58.2 Å². The van der Waals surface area contributed by atoms with Gasteiger partial charge in [-0.15, -0.1) is 0 Å². The Bertz CT molecular complexity index is 678. The molecular formula is C19H22N2O2. The molecule has 0 fully saturated rings. The first kappa shape index (κ1) is 16.7. The van der Waals surface area contributed by atoms with E-state index in [2.05, 4.69) is 17.6 Å². The summed E-state index contributed by atoms with van der Waals surface area (Å²) < 4.78 is 0. The second-order valence-electron chi connectivity index (χ2n) is 5.48. The van der Waals surface area contributed by atoms with Gasteiger partial charge in [0.05, 0.1) is 13.0 Å². The zero-order valence-electron chi connectivity index (χ0n) is 13.6. The fourth-order valence-corrected chi connectivity index (χ4v) is 2.25. The van der Waals surface area contributed by atoms with E-state index in [0.717, 1.165) is 23.2 Å². The normalized spacial score (nSPS) is 10.2. The van der Waals surface area contributed by atoms with Crippen molar-refractivity contribution in [2.75, 3.05) is 11.9 Å². The summed E-state index contributed by atoms with van der Waals surface area (Å²) in [5, 5.41) is 5.42. The zero-order valence-corrected chi connectivity index (χ0v) is 13.6. The van der Waals surface area contributed by atoms with Gasteiger partial charge in [0.1, 0.15) is 0 Å². The summed E-state index contributed by atoms with van der Waals surface area (Å²) in [6, 6.07) is 15.4. The van der Waals surface area contributed by atoms with Crippen molar-refractivity contribution in [2.24, 2.45) is 0 Å². The van der Waals surface area contributed by atoms with Crippen LogP contribution in [0.15, 0.2) is 48.5 Å². The van der Waals surface area contributed by atoms with Gasteiger partial charge < -0.3 is 10.6 Å². The average molecular weight is 310 g/mol. The highest BCUT2D eigenvalue weighted by Gasteiger charge is 2.08. The molecule has 23 heavy (non-hydrogen) atoms. The lowest BCUT2D eigenvalue weighted by Crippen LogP contribution is -2.33. The lowest BCUT2D eigenvalue weighted by atomic mass is 10.1. The largest absolute Gasteiger partial charge is 0.347 e. The third-order valence-corrected chi connectivity index (χ3v) is 3.70. The van der Waals surface area contributed by atoms with Crippen molar-refractivity contribution in [3.63, 3.8) is 0 Å². The molecule has 2 amide bonds. The summed E-state index contributed by atoms with van der Waals surface area (Å²) in [5.74, 6) is -0.386. The molecule has 0 bridgehead atoms. The van der Waals surface area contributed by atoms with Crippen molar-refractivity contribution in [1.82, 2.24) is 5.32 Å². The molecule has 2 aromatic carbocycles. The summed E-state index contributed by atoms with van der Waals surface area (Å²) in [4.78, 5) is 23.8. The fraction of sp³-hybridized carbons (Fsp3) is 0.263. The highest BCUT2D eigenvalue weighted by Crippen LogP contribution is 2.10. The molecule has 4 heteroatoms. The average Bonchev–Trinajstić information content (AvgIpc) is 2.56. The molecule has 0 aliphatic carbocycles. The van der Waals surface area contributed by atoms with E-state index in [9.17, 15) is 9.59 Å². The van der Waals surface area contributed by atoms with Crippen molar-refractivity contribution in [1.29, 1.82) is 0 Å². The molecule has 0 spiro atoms. The molecule has 2 aromatic rings. The number of anilines is 1. The summed E-state index contributed by atoms with van der Waals surface area (Å²) in [7, 11) is 0. The lowest BCUT2D eigenvalue weighted by molar-refractivity contribution is -0.123. The van der Waals surface area contributed by atoms with Crippen LogP contribution in [0.4, 0.5) is 5.69 Å². The minimum atomic E-state index is -0.229. The molecule has 0 unspecified atom stereocenters. The first-order valence-electron chi connectivity index (χ1n) is 7.78. The smallest absolute Gasteiger partial charge is 0.243 e. The molecule has 0 radical (unpaired) electrons. The second-order valence-corrected chi connectivity index (χ2v) is 5.48. The van der Waals surface area contributed by atoms with Gasteiger partial charge in [-0.2, -0.15) is 0 Å². The van der Waals surface area contributed by atoms with Crippen LogP contribution < -0.4 is 10.6 Å². The molecule has 0 saturated heterocycles. The standard InChI is InChI=1S/C19H22N2O2/c1-3-15-8-10-17(11-9-15)21-19(23)13-20-18(22)12-16-7-5-4-6-14(16)2/h4-11H,3,12-13H2,1-2H3,(H,20,22)(H,21,23). The zero-order chi connectivity index (χ0) is 16.7.